The molecule has 31 heavy (non-hydrogen) atoms. The van der Waals surface area contributed by atoms with E-state index in [4.69, 9.17) is 15.3 Å². The number of anilines is 1. The number of aliphatic carboxylic acids is 2. The fourth-order valence-electron chi connectivity index (χ4n) is 2.24. The molecule has 0 aromatic heterocycles. The number of rotatable bonds is 11. The average molecular weight is 440 g/mol. The smallest absolute Gasteiger partial charge is 0.310 e. The maximum Gasteiger partial charge on any atom is 0.310 e. The van der Waals surface area contributed by atoms with Gasteiger partial charge in [0, 0.05) is 23.9 Å². The highest BCUT2D eigenvalue weighted by Crippen LogP contribution is 2.35. The summed E-state index contributed by atoms with van der Waals surface area (Å²) in [5.41, 5.74) is 1.08. The molecule has 0 spiro atoms. The van der Waals surface area contributed by atoms with E-state index in [9.17, 15) is 19.5 Å². The topological polar surface area (TPSA) is 145 Å². The molecule has 9 nitrogen and oxygen atoms in total. The van der Waals surface area contributed by atoms with E-state index in [0.29, 0.717) is 11.3 Å². The molecule has 0 heterocycles. The van der Waals surface area contributed by atoms with E-state index < -0.39 is 17.9 Å². The summed E-state index contributed by atoms with van der Waals surface area (Å²) < 4.78 is 4.66. The van der Waals surface area contributed by atoms with Crippen molar-refractivity contribution in [2.24, 2.45) is 5.92 Å². The van der Waals surface area contributed by atoms with Crippen LogP contribution in [0.15, 0.2) is 30.5 Å². The molecule has 1 aliphatic carbocycles. The lowest BCUT2D eigenvalue weighted by molar-refractivity contribution is -0.140. The number of hydrogen-bond acceptors (Lipinski definition) is 7. The highest BCUT2D eigenvalue weighted by atomic mass is 16.5. The Labute approximate surface area is 182 Å². The Kier molecular flexibility index (Phi) is 14.4. The SMILES string of the molecule is CC.CC(C=CN(c1cc(O)ccc1C=O)C1CC1)C(=O)O.O=C(O)CCOCCO. The van der Waals surface area contributed by atoms with E-state index in [1.54, 1.807) is 25.3 Å². The number of phenols is 1. The number of carbonyl (C=O) groups excluding carboxylic acids is 1. The van der Waals surface area contributed by atoms with Crippen LogP contribution in [0.1, 0.15) is 50.4 Å². The summed E-state index contributed by atoms with van der Waals surface area (Å²) in [5, 5.41) is 34.7. The number of phenolic OH excluding ortho intramolecular Hbond substituents is 1. The summed E-state index contributed by atoms with van der Waals surface area (Å²) in [6.07, 6.45) is 5.98. The zero-order valence-electron chi connectivity index (χ0n) is 18.2. The maximum atomic E-state index is 11.1. The van der Waals surface area contributed by atoms with Crippen LogP contribution in [0.25, 0.3) is 0 Å². The van der Waals surface area contributed by atoms with Gasteiger partial charge in [0.05, 0.1) is 37.8 Å². The molecule has 0 amide bonds. The van der Waals surface area contributed by atoms with Crippen molar-refractivity contribution in [1.29, 1.82) is 0 Å². The summed E-state index contributed by atoms with van der Waals surface area (Å²) in [4.78, 5) is 33.6. The zero-order chi connectivity index (χ0) is 23.8. The maximum absolute atomic E-state index is 11.1. The van der Waals surface area contributed by atoms with Gasteiger partial charge in [-0.05, 0) is 31.9 Å². The second-order valence-electron chi connectivity index (χ2n) is 6.45. The van der Waals surface area contributed by atoms with Crippen molar-refractivity contribution in [2.45, 2.75) is 46.1 Å². The molecular weight excluding hydrogens is 406 g/mol. The first-order chi connectivity index (χ1) is 14.8. The fraction of sp³-hybridized carbons (Fsp3) is 0.500. The van der Waals surface area contributed by atoms with E-state index in [2.05, 4.69) is 4.74 Å². The van der Waals surface area contributed by atoms with Crippen molar-refractivity contribution in [1.82, 2.24) is 0 Å². The number of aldehydes is 1. The summed E-state index contributed by atoms with van der Waals surface area (Å²) >= 11 is 0. The summed E-state index contributed by atoms with van der Waals surface area (Å²) in [7, 11) is 0. The highest BCUT2D eigenvalue weighted by molar-refractivity contribution is 5.86. The van der Waals surface area contributed by atoms with Gasteiger partial charge in [0.15, 0.2) is 6.29 Å². The molecule has 1 aliphatic rings. The number of aliphatic hydroxyl groups is 1. The molecule has 174 valence electrons. The van der Waals surface area contributed by atoms with Crippen molar-refractivity contribution >= 4 is 23.9 Å². The number of carboxylic acid groups (broad SMARTS) is 2. The number of aliphatic hydroxyl groups excluding tert-OH is 1. The van der Waals surface area contributed by atoms with Crippen molar-refractivity contribution in [2.75, 3.05) is 24.7 Å². The Morgan fingerprint density at radius 1 is 1.23 bits per heavy atom. The molecule has 0 aliphatic heterocycles. The number of nitrogens with zero attached hydrogens (tertiary/aromatic N) is 1. The molecule has 0 bridgehead atoms. The lowest BCUT2D eigenvalue weighted by Crippen LogP contribution is -2.21. The van der Waals surface area contributed by atoms with Crippen LogP contribution in [0.4, 0.5) is 5.69 Å². The minimum atomic E-state index is -0.900. The third-order valence-corrected chi connectivity index (χ3v) is 3.98. The molecule has 4 N–H and O–H groups in total. The van der Waals surface area contributed by atoms with Crippen molar-refractivity contribution in [3.63, 3.8) is 0 Å². The molecule has 1 saturated carbocycles. The lowest BCUT2D eigenvalue weighted by Gasteiger charge is -2.22. The van der Waals surface area contributed by atoms with Gasteiger partial charge in [-0.2, -0.15) is 0 Å². The van der Waals surface area contributed by atoms with E-state index in [0.717, 1.165) is 19.1 Å². The minimum Gasteiger partial charge on any atom is -0.508 e. The second kappa shape index (κ2) is 15.9. The molecule has 0 saturated heterocycles. The van der Waals surface area contributed by atoms with Crippen LogP contribution in [0, 0.1) is 5.92 Å². The van der Waals surface area contributed by atoms with Gasteiger partial charge in [-0.25, -0.2) is 0 Å². The molecule has 9 heteroatoms. The summed E-state index contributed by atoms with van der Waals surface area (Å²) in [6, 6.07) is 4.80. The zero-order valence-corrected chi connectivity index (χ0v) is 18.2. The highest BCUT2D eigenvalue weighted by Gasteiger charge is 2.29. The van der Waals surface area contributed by atoms with Crippen molar-refractivity contribution in [3.8, 4) is 5.75 Å². The first-order valence-electron chi connectivity index (χ1n) is 10.2. The summed E-state index contributed by atoms with van der Waals surface area (Å²) in [6.45, 7) is 5.93. The van der Waals surface area contributed by atoms with Crippen LogP contribution in [-0.4, -0.2) is 64.5 Å². The number of hydrogen-bond donors (Lipinski definition) is 4. The van der Waals surface area contributed by atoms with Crippen molar-refractivity contribution in [3.05, 3.63) is 36.0 Å². The van der Waals surface area contributed by atoms with Gasteiger partial charge >= 0.3 is 11.9 Å². The van der Waals surface area contributed by atoms with Gasteiger partial charge < -0.3 is 30.1 Å². The molecule has 0 radical (unpaired) electrons. The van der Waals surface area contributed by atoms with E-state index >= 15 is 0 Å². The first kappa shape index (κ1) is 28.1. The van der Waals surface area contributed by atoms with Gasteiger partial charge in [-0.3, -0.25) is 14.4 Å². The number of carboxylic acids is 2. The number of carbonyl (C=O) groups is 3. The Morgan fingerprint density at radius 3 is 2.35 bits per heavy atom. The van der Waals surface area contributed by atoms with E-state index in [-0.39, 0.29) is 38.0 Å². The van der Waals surface area contributed by atoms with Crippen LogP contribution in [0.3, 0.4) is 0 Å². The third-order valence-electron chi connectivity index (χ3n) is 3.98. The molecule has 1 atom stereocenters. The van der Waals surface area contributed by atoms with Gasteiger partial charge in [-0.15, -0.1) is 0 Å². The monoisotopic (exact) mass is 439 g/mol. The van der Waals surface area contributed by atoms with E-state index in [1.807, 2.05) is 18.7 Å². The number of benzene rings is 1. The Morgan fingerprint density at radius 2 is 1.87 bits per heavy atom. The Bertz CT molecular complexity index is 715. The standard InChI is InChI=1S/C15H17NO4.C5H10O4.C2H6/c1-10(15(19)20)6-7-16(12-3-4-12)14-8-13(18)5-2-11(14)9-17;6-2-4-9-3-1-5(7)8;1-2/h2,5-10,12,18H,3-4H2,1H3,(H,19,20);6H,1-4H2,(H,7,8);1-2H3. The van der Waals surface area contributed by atoms with Crippen LogP contribution in [-0.2, 0) is 14.3 Å². The molecule has 1 aromatic carbocycles. The third kappa shape index (κ3) is 11.8. The molecule has 1 unspecified atom stereocenters. The van der Waals surface area contributed by atoms with E-state index in [1.165, 1.54) is 12.1 Å². The summed E-state index contributed by atoms with van der Waals surface area (Å²) in [5.74, 6) is -2.30. The van der Waals surface area contributed by atoms with Crippen LogP contribution >= 0.6 is 0 Å². The molecular formula is C22H33NO8. The quantitative estimate of drug-likeness (QED) is 0.302. The van der Waals surface area contributed by atoms with Gasteiger partial charge in [0.25, 0.3) is 0 Å². The van der Waals surface area contributed by atoms with Crippen LogP contribution in [0.5, 0.6) is 5.75 Å². The predicted octanol–water partition coefficient (Wildman–Crippen LogP) is 2.90. The molecule has 1 fully saturated rings. The lowest BCUT2D eigenvalue weighted by atomic mass is 10.1. The van der Waals surface area contributed by atoms with Gasteiger partial charge in [0.1, 0.15) is 5.75 Å². The predicted molar refractivity (Wildman–Crippen MR) is 116 cm³/mol. The molecule has 1 aromatic rings. The van der Waals surface area contributed by atoms with Crippen molar-refractivity contribution < 1.29 is 39.5 Å². The van der Waals surface area contributed by atoms with Crippen LogP contribution < -0.4 is 4.90 Å². The number of aromatic hydroxyl groups is 1. The Hall–Kier alpha value is -2.91. The first-order valence-corrected chi connectivity index (χ1v) is 10.2. The van der Waals surface area contributed by atoms with Gasteiger partial charge in [0.2, 0.25) is 0 Å². The second-order valence-corrected chi connectivity index (χ2v) is 6.45. The van der Waals surface area contributed by atoms with Crippen LogP contribution in [0.2, 0.25) is 0 Å². The molecule has 2 rings (SSSR count). The number of ether oxygens (including phenoxy) is 1. The minimum absolute atomic E-state index is 0. The fourth-order valence-corrected chi connectivity index (χ4v) is 2.24. The van der Waals surface area contributed by atoms with Gasteiger partial charge in [-0.1, -0.05) is 19.9 Å². The average Bonchev–Trinajstić information content (AvgIpc) is 3.58. The normalized spacial score (nSPS) is 13.3. The Balaban J connectivity index is 0.000000692. The largest absolute Gasteiger partial charge is 0.508 e.